The van der Waals surface area contributed by atoms with Crippen LogP contribution in [0.3, 0.4) is 0 Å². The number of aliphatic hydroxyl groups is 1. The second kappa shape index (κ2) is 9.17. The monoisotopic (exact) mass is 430 g/mol. The van der Waals surface area contributed by atoms with Gasteiger partial charge in [-0.15, -0.1) is 0 Å². The van der Waals surface area contributed by atoms with E-state index in [1.165, 1.54) is 30.6 Å². The highest BCUT2D eigenvalue weighted by Gasteiger charge is 2.26. The van der Waals surface area contributed by atoms with Crippen LogP contribution in [0.5, 0.6) is 11.5 Å². The number of piperazine rings is 1. The molecule has 0 aliphatic carbocycles. The van der Waals surface area contributed by atoms with E-state index in [1.807, 2.05) is 25.7 Å². The lowest BCUT2D eigenvalue weighted by Gasteiger charge is -2.35. The van der Waals surface area contributed by atoms with Crippen molar-refractivity contribution in [2.45, 2.75) is 33.0 Å². The molecule has 1 aromatic heterocycles. The van der Waals surface area contributed by atoms with Gasteiger partial charge in [0.25, 0.3) is 0 Å². The van der Waals surface area contributed by atoms with Crippen molar-refractivity contribution < 1.29 is 29.3 Å². The smallest absolute Gasteiger partial charge is 0.410 e. The van der Waals surface area contributed by atoms with Crippen LogP contribution in [0.15, 0.2) is 30.6 Å². The number of amides is 1. The molecular formula is C21H26N4O6. The molecule has 1 saturated heterocycles. The molecule has 0 radical (unpaired) electrons. The van der Waals surface area contributed by atoms with E-state index in [2.05, 4.69) is 9.97 Å². The Bertz CT molecular complexity index is 934. The molecule has 0 saturated carbocycles. The molecule has 1 amide bonds. The van der Waals surface area contributed by atoms with Crippen LogP contribution >= 0.6 is 0 Å². The van der Waals surface area contributed by atoms with Crippen molar-refractivity contribution in [1.29, 1.82) is 0 Å². The number of anilines is 1. The molecule has 1 fully saturated rings. The molecule has 10 heteroatoms. The first-order chi connectivity index (χ1) is 14.7. The van der Waals surface area contributed by atoms with E-state index < -0.39 is 18.2 Å². The maximum absolute atomic E-state index is 12.2. The third kappa shape index (κ3) is 5.82. The number of nitrogens with zero attached hydrogens (tertiary/aromatic N) is 4. The summed E-state index contributed by atoms with van der Waals surface area (Å²) < 4.78 is 11.1. The minimum atomic E-state index is -1.12. The fourth-order valence-corrected chi connectivity index (χ4v) is 3.05. The maximum Gasteiger partial charge on any atom is 0.410 e. The van der Waals surface area contributed by atoms with Crippen molar-refractivity contribution in [2.24, 2.45) is 0 Å². The molecule has 0 atom stereocenters. The van der Waals surface area contributed by atoms with Crippen LogP contribution in [0.2, 0.25) is 0 Å². The van der Waals surface area contributed by atoms with E-state index in [9.17, 15) is 14.7 Å². The molecule has 2 heterocycles. The van der Waals surface area contributed by atoms with E-state index in [0.29, 0.717) is 43.6 Å². The Kier molecular flexibility index (Phi) is 6.59. The van der Waals surface area contributed by atoms with E-state index in [0.717, 1.165) is 0 Å². The molecule has 1 aliphatic rings. The largest absolute Gasteiger partial charge is 0.478 e. The number of carbonyl (C=O) groups excluding carboxylic acids is 1. The summed E-state index contributed by atoms with van der Waals surface area (Å²) in [5.41, 5.74) is -0.253. The highest BCUT2D eigenvalue weighted by molar-refractivity contribution is 5.89. The molecule has 2 N–H and O–H groups in total. The van der Waals surface area contributed by atoms with E-state index in [4.69, 9.17) is 14.6 Å². The molecule has 0 bridgehead atoms. The molecule has 0 spiro atoms. The predicted molar refractivity (Wildman–Crippen MR) is 111 cm³/mol. The Morgan fingerprint density at radius 2 is 1.71 bits per heavy atom. The number of carbonyl (C=O) groups is 2. The SMILES string of the molecule is CC(C)(C)OC(=O)N1CCN(c2ncc(Oc3ccc(C(=O)O)c(CO)c3)cn2)CC1. The van der Waals surface area contributed by atoms with Crippen LogP contribution < -0.4 is 9.64 Å². The van der Waals surface area contributed by atoms with E-state index in [-0.39, 0.29) is 17.2 Å². The highest BCUT2D eigenvalue weighted by atomic mass is 16.6. The average Bonchev–Trinajstić information content (AvgIpc) is 2.73. The molecule has 166 valence electrons. The lowest BCUT2D eigenvalue weighted by molar-refractivity contribution is 0.0240. The quantitative estimate of drug-likeness (QED) is 0.736. The molecule has 0 unspecified atom stereocenters. The zero-order chi connectivity index (χ0) is 22.6. The number of hydrogen-bond donors (Lipinski definition) is 2. The fraction of sp³-hybridized carbons (Fsp3) is 0.429. The normalized spacial score (nSPS) is 14.3. The first-order valence-corrected chi connectivity index (χ1v) is 9.86. The van der Waals surface area contributed by atoms with Crippen molar-refractivity contribution >= 4 is 18.0 Å². The van der Waals surface area contributed by atoms with Gasteiger partial charge in [0.05, 0.1) is 24.6 Å². The van der Waals surface area contributed by atoms with Crippen LogP contribution in [-0.2, 0) is 11.3 Å². The predicted octanol–water partition coefficient (Wildman–Crippen LogP) is 2.52. The summed E-state index contributed by atoms with van der Waals surface area (Å²) in [5.74, 6) is 0.156. The molecule has 1 aliphatic heterocycles. The summed E-state index contributed by atoms with van der Waals surface area (Å²) in [6.07, 6.45) is 2.71. The van der Waals surface area contributed by atoms with Gasteiger partial charge in [-0.1, -0.05) is 0 Å². The number of carboxylic acid groups (broad SMARTS) is 1. The Balaban J connectivity index is 1.59. The lowest BCUT2D eigenvalue weighted by Crippen LogP contribution is -2.50. The van der Waals surface area contributed by atoms with Gasteiger partial charge in [0.1, 0.15) is 11.4 Å². The van der Waals surface area contributed by atoms with Gasteiger partial charge in [-0.25, -0.2) is 19.6 Å². The molecule has 31 heavy (non-hydrogen) atoms. The van der Waals surface area contributed by atoms with Crippen LogP contribution in [0, 0.1) is 0 Å². The number of rotatable bonds is 5. The summed E-state index contributed by atoms with van der Waals surface area (Å²) in [6, 6.07) is 4.35. The van der Waals surface area contributed by atoms with E-state index in [1.54, 1.807) is 4.90 Å². The summed E-state index contributed by atoms with van der Waals surface area (Å²) in [4.78, 5) is 35.6. The number of ether oxygens (including phenoxy) is 2. The molecular weight excluding hydrogens is 404 g/mol. The molecule has 1 aromatic carbocycles. The average molecular weight is 430 g/mol. The van der Waals surface area contributed by atoms with Crippen molar-refractivity contribution in [3.63, 3.8) is 0 Å². The van der Waals surface area contributed by atoms with Crippen LogP contribution in [-0.4, -0.2) is 68.9 Å². The van der Waals surface area contributed by atoms with Crippen molar-refractivity contribution in [3.8, 4) is 11.5 Å². The third-order valence-corrected chi connectivity index (χ3v) is 4.54. The van der Waals surface area contributed by atoms with Gasteiger partial charge in [-0.2, -0.15) is 0 Å². The molecule has 2 aromatic rings. The van der Waals surface area contributed by atoms with Crippen LogP contribution in [0.25, 0.3) is 0 Å². The van der Waals surface area contributed by atoms with E-state index >= 15 is 0 Å². The minimum absolute atomic E-state index is 0.0203. The fourth-order valence-electron chi connectivity index (χ4n) is 3.05. The summed E-state index contributed by atoms with van der Waals surface area (Å²) in [7, 11) is 0. The Morgan fingerprint density at radius 1 is 1.06 bits per heavy atom. The number of aromatic carboxylic acids is 1. The lowest BCUT2D eigenvalue weighted by atomic mass is 10.1. The maximum atomic E-state index is 12.2. The first-order valence-electron chi connectivity index (χ1n) is 9.86. The van der Waals surface area contributed by atoms with Gasteiger partial charge in [-0.3, -0.25) is 0 Å². The van der Waals surface area contributed by atoms with Gasteiger partial charge in [0, 0.05) is 26.2 Å². The molecule has 3 rings (SSSR count). The minimum Gasteiger partial charge on any atom is -0.478 e. The second-order valence-corrected chi connectivity index (χ2v) is 8.06. The van der Waals surface area contributed by atoms with Gasteiger partial charge in [0.2, 0.25) is 5.95 Å². The number of benzene rings is 1. The molecule has 10 nitrogen and oxygen atoms in total. The number of aliphatic hydroxyl groups excluding tert-OH is 1. The first kappa shape index (κ1) is 22.3. The number of hydrogen-bond acceptors (Lipinski definition) is 8. The third-order valence-electron chi connectivity index (χ3n) is 4.54. The van der Waals surface area contributed by atoms with Crippen LogP contribution in [0.1, 0.15) is 36.7 Å². The highest BCUT2D eigenvalue weighted by Crippen LogP contribution is 2.24. The van der Waals surface area contributed by atoms with Gasteiger partial charge < -0.3 is 29.5 Å². The zero-order valence-electron chi connectivity index (χ0n) is 17.7. The van der Waals surface area contributed by atoms with Gasteiger partial charge in [0.15, 0.2) is 5.75 Å². The summed E-state index contributed by atoms with van der Waals surface area (Å²) >= 11 is 0. The number of aromatic nitrogens is 2. The van der Waals surface area contributed by atoms with Crippen molar-refractivity contribution in [1.82, 2.24) is 14.9 Å². The van der Waals surface area contributed by atoms with Crippen LogP contribution in [0.4, 0.5) is 10.7 Å². The van der Waals surface area contributed by atoms with Gasteiger partial charge >= 0.3 is 12.1 Å². The topological polar surface area (TPSA) is 125 Å². The standard InChI is InChI=1S/C21H26N4O6/c1-21(2,3)31-20(29)25-8-6-24(7-9-25)19-22-11-16(12-23-19)30-15-4-5-17(18(27)28)14(10-15)13-26/h4-5,10-12,26H,6-9,13H2,1-3H3,(H,27,28). The number of carboxylic acids is 1. The second-order valence-electron chi connectivity index (χ2n) is 8.06. The Morgan fingerprint density at radius 3 is 2.26 bits per heavy atom. The summed E-state index contributed by atoms with van der Waals surface area (Å²) in [6.45, 7) is 7.28. The Labute approximate surface area is 180 Å². The summed E-state index contributed by atoms with van der Waals surface area (Å²) in [5, 5.41) is 18.5. The van der Waals surface area contributed by atoms with Crippen molar-refractivity contribution in [3.05, 3.63) is 41.7 Å². The van der Waals surface area contributed by atoms with Gasteiger partial charge in [-0.05, 0) is 44.5 Å². The zero-order valence-corrected chi connectivity index (χ0v) is 17.7. The van der Waals surface area contributed by atoms with Crippen molar-refractivity contribution in [2.75, 3.05) is 31.1 Å². The Hall–Kier alpha value is -3.40.